The van der Waals surface area contributed by atoms with Gasteiger partial charge in [-0.1, -0.05) is 42.5 Å². The lowest BCUT2D eigenvalue weighted by atomic mass is 10.1. The lowest BCUT2D eigenvalue weighted by Crippen LogP contribution is -2.42. The summed E-state index contributed by atoms with van der Waals surface area (Å²) in [5.74, 6) is -2.74. The second-order valence-electron chi connectivity index (χ2n) is 7.47. The van der Waals surface area contributed by atoms with Crippen LogP contribution in [0.15, 0.2) is 78.9 Å². The van der Waals surface area contributed by atoms with Gasteiger partial charge in [0.25, 0.3) is 11.8 Å². The summed E-state index contributed by atoms with van der Waals surface area (Å²) in [7, 11) is 0. The number of hydrogen-bond donors (Lipinski definition) is 4. The van der Waals surface area contributed by atoms with Crippen molar-refractivity contribution >= 4 is 34.4 Å². The molecule has 0 aliphatic carbocycles. The summed E-state index contributed by atoms with van der Waals surface area (Å²) >= 11 is 0. The Morgan fingerprint density at radius 2 is 1.64 bits per heavy atom. The second-order valence-corrected chi connectivity index (χ2v) is 7.47. The summed E-state index contributed by atoms with van der Waals surface area (Å²) in [6, 6.07) is 19.7. The van der Waals surface area contributed by atoms with Gasteiger partial charge in [0.05, 0.1) is 11.3 Å². The van der Waals surface area contributed by atoms with E-state index in [2.05, 4.69) is 15.6 Å². The minimum Gasteiger partial charge on any atom is -0.480 e. The number of fused-ring (bicyclic) bond motifs is 1. The van der Waals surface area contributed by atoms with Crippen LogP contribution in [0.3, 0.4) is 0 Å². The van der Waals surface area contributed by atoms with Crippen LogP contribution >= 0.6 is 0 Å². The standard InChI is InChI=1S/C25H20FN3O4/c26-17-10-11-19-16(13-17)14-21(27-19)24(31)28-20-9-5-4-8-18(20)23(30)29-22(25(32)33)12-15-6-2-1-3-7-15/h1-11,13-14,22,27H,12H2,(H,28,31)(H,29,30)(H,32,33)/t22-/m0/s1. The first kappa shape index (κ1) is 21.8. The minimum absolute atomic E-state index is 0.113. The molecule has 4 aromatic rings. The Balaban J connectivity index is 1.52. The molecule has 3 aromatic carbocycles. The fourth-order valence-corrected chi connectivity index (χ4v) is 3.49. The Morgan fingerprint density at radius 1 is 0.909 bits per heavy atom. The molecule has 0 saturated carbocycles. The number of halogens is 1. The molecule has 1 heterocycles. The molecule has 7 nitrogen and oxygen atoms in total. The van der Waals surface area contributed by atoms with E-state index in [1.807, 2.05) is 6.07 Å². The van der Waals surface area contributed by atoms with Crippen LogP contribution in [0, 0.1) is 5.82 Å². The highest BCUT2D eigenvalue weighted by atomic mass is 19.1. The summed E-state index contributed by atoms with van der Waals surface area (Å²) in [5, 5.41) is 15.3. The van der Waals surface area contributed by atoms with Crippen molar-refractivity contribution in [2.75, 3.05) is 5.32 Å². The second kappa shape index (κ2) is 9.35. The number of carboxylic acids is 1. The average Bonchev–Trinajstić information content (AvgIpc) is 3.23. The van der Waals surface area contributed by atoms with Crippen LogP contribution < -0.4 is 10.6 Å². The first-order chi connectivity index (χ1) is 15.9. The van der Waals surface area contributed by atoms with Gasteiger partial charge in [-0.3, -0.25) is 9.59 Å². The van der Waals surface area contributed by atoms with Crippen molar-refractivity contribution in [2.24, 2.45) is 0 Å². The smallest absolute Gasteiger partial charge is 0.326 e. The van der Waals surface area contributed by atoms with Gasteiger partial charge in [-0.05, 0) is 42.0 Å². The van der Waals surface area contributed by atoms with Crippen LogP contribution in [0.1, 0.15) is 26.4 Å². The van der Waals surface area contributed by atoms with E-state index in [0.29, 0.717) is 10.9 Å². The predicted octanol–water partition coefficient (Wildman–Crippen LogP) is 3.99. The van der Waals surface area contributed by atoms with Crippen LogP contribution in [0.2, 0.25) is 0 Å². The number of anilines is 1. The zero-order valence-electron chi connectivity index (χ0n) is 17.3. The number of H-pyrrole nitrogens is 1. The summed E-state index contributed by atoms with van der Waals surface area (Å²) < 4.78 is 13.4. The SMILES string of the molecule is O=C(Nc1ccccc1C(=O)N[C@@H](Cc1ccccc1)C(=O)O)c1cc2cc(F)ccc2[nH]1. The van der Waals surface area contributed by atoms with Gasteiger partial charge in [0.15, 0.2) is 0 Å². The number of carboxylic acid groups (broad SMARTS) is 1. The molecule has 0 fully saturated rings. The number of amides is 2. The normalized spacial score (nSPS) is 11.7. The first-order valence-corrected chi connectivity index (χ1v) is 10.2. The molecule has 4 rings (SSSR count). The number of hydrogen-bond acceptors (Lipinski definition) is 3. The zero-order valence-corrected chi connectivity index (χ0v) is 17.3. The van der Waals surface area contributed by atoms with Gasteiger partial charge in [-0.2, -0.15) is 0 Å². The molecule has 33 heavy (non-hydrogen) atoms. The van der Waals surface area contributed by atoms with E-state index in [1.165, 1.54) is 30.3 Å². The maximum Gasteiger partial charge on any atom is 0.326 e. The number of aromatic amines is 1. The maximum absolute atomic E-state index is 13.4. The van der Waals surface area contributed by atoms with E-state index in [4.69, 9.17) is 0 Å². The summed E-state index contributed by atoms with van der Waals surface area (Å²) in [6.45, 7) is 0. The van der Waals surface area contributed by atoms with Crippen LogP contribution in [0.5, 0.6) is 0 Å². The number of aliphatic carboxylic acids is 1. The van der Waals surface area contributed by atoms with Crippen molar-refractivity contribution in [1.29, 1.82) is 0 Å². The molecule has 1 aromatic heterocycles. The fourth-order valence-electron chi connectivity index (χ4n) is 3.49. The quantitative estimate of drug-likeness (QED) is 0.345. The maximum atomic E-state index is 13.4. The Morgan fingerprint density at radius 3 is 2.39 bits per heavy atom. The van der Waals surface area contributed by atoms with Crippen molar-refractivity contribution in [3.63, 3.8) is 0 Å². The molecule has 8 heteroatoms. The summed E-state index contributed by atoms with van der Waals surface area (Å²) in [6.07, 6.45) is 0.113. The van der Waals surface area contributed by atoms with Crippen LogP contribution in [0.4, 0.5) is 10.1 Å². The summed E-state index contributed by atoms with van der Waals surface area (Å²) in [5.41, 5.74) is 1.89. The Hall–Kier alpha value is -4.46. The highest BCUT2D eigenvalue weighted by Crippen LogP contribution is 2.20. The third-order valence-electron chi connectivity index (χ3n) is 5.13. The van der Waals surface area contributed by atoms with Crippen molar-refractivity contribution in [1.82, 2.24) is 10.3 Å². The number of para-hydroxylation sites is 1. The summed E-state index contributed by atoms with van der Waals surface area (Å²) in [4.78, 5) is 40.3. The number of rotatable bonds is 7. The highest BCUT2D eigenvalue weighted by Gasteiger charge is 2.23. The van der Waals surface area contributed by atoms with E-state index in [0.717, 1.165) is 5.56 Å². The largest absolute Gasteiger partial charge is 0.480 e. The molecule has 2 amide bonds. The molecule has 0 radical (unpaired) electrons. The number of carbonyl (C=O) groups is 3. The lowest BCUT2D eigenvalue weighted by molar-refractivity contribution is -0.139. The van der Waals surface area contributed by atoms with Gasteiger partial charge < -0.3 is 20.7 Å². The van der Waals surface area contributed by atoms with Crippen LogP contribution in [-0.2, 0) is 11.2 Å². The van der Waals surface area contributed by atoms with Gasteiger partial charge in [0, 0.05) is 17.3 Å². The molecule has 166 valence electrons. The van der Waals surface area contributed by atoms with Crippen LogP contribution in [-0.4, -0.2) is 33.9 Å². The molecule has 0 aliphatic rings. The van der Waals surface area contributed by atoms with Crippen molar-refractivity contribution in [3.8, 4) is 0 Å². The zero-order chi connectivity index (χ0) is 23.4. The van der Waals surface area contributed by atoms with Gasteiger partial charge >= 0.3 is 5.97 Å². The topological polar surface area (TPSA) is 111 Å². The van der Waals surface area contributed by atoms with E-state index in [9.17, 15) is 23.9 Å². The van der Waals surface area contributed by atoms with Gasteiger partial charge in [0.1, 0.15) is 17.6 Å². The van der Waals surface area contributed by atoms with Gasteiger partial charge in [-0.25, -0.2) is 9.18 Å². The third-order valence-corrected chi connectivity index (χ3v) is 5.13. The predicted molar refractivity (Wildman–Crippen MR) is 122 cm³/mol. The van der Waals surface area contributed by atoms with Crippen LogP contribution in [0.25, 0.3) is 10.9 Å². The molecule has 0 unspecified atom stereocenters. The Kier molecular flexibility index (Phi) is 6.17. The Bertz CT molecular complexity index is 1330. The molecular formula is C25H20FN3O4. The Labute approximate surface area is 188 Å². The van der Waals surface area contributed by atoms with Gasteiger partial charge in [0.2, 0.25) is 0 Å². The van der Waals surface area contributed by atoms with Crippen molar-refractivity contribution < 1.29 is 23.9 Å². The van der Waals surface area contributed by atoms with Crippen molar-refractivity contribution in [3.05, 3.63) is 102 Å². The minimum atomic E-state index is -1.17. The van der Waals surface area contributed by atoms with Gasteiger partial charge in [-0.15, -0.1) is 0 Å². The lowest BCUT2D eigenvalue weighted by Gasteiger charge is -2.16. The first-order valence-electron chi connectivity index (χ1n) is 10.2. The van der Waals surface area contributed by atoms with E-state index in [-0.39, 0.29) is 23.4 Å². The monoisotopic (exact) mass is 445 g/mol. The number of carbonyl (C=O) groups excluding carboxylic acids is 2. The molecule has 0 spiro atoms. The van der Waals surface area contributed by atoms with Crippen molar-refractivity contribution in [2.45, 2.75) is 12.5 Å². The average molecular weight is 445 g/mol. The molecule has 4 N–H and O–H groups in total. The highest BCUT2D eigenvalue weighted by molar-refractivity contribution is 6.10. The third kappa shape index (κ3) is 5.07. The number of aromatic nitrogens is 1. The fraction of sp³-hybridized carbons (Fsp3) is 0.0800. The van der Waals surface area contributed by atoms with E-state index < -0.39 is 29.6 Å². The van der Waals surface area contributed by atoms with E-state index >= 15 is 0 Å². The molecule has 0 aliphatic heterocycles. The molecule has 0 bridgehead atoms. The van der Waals surface area contributed by atoms with E-state index in [1.54, 1.807) is 42.5 Å². The molecule has 0 saturated heterocycles. The molecular weight excluding hydrogens is 425 g/mol. The number of benzene rings is 3. The number of nitrogens with one attached hydrogen (secondary N) is 3. The molecule has 1 atom stereocenters.